The Labute approximate surface area is 170 Å². The topological polar surface area (TPSA) is 90.5 Å². The summed E-state index contributed by atoms with van der Waals surface area (Å²) < 4.78 is 2.33. The molecule has 0 saturated heterocycles. The van der Waals surface area contributed by atoms with Gasteiger partial charge in [-0.15, -0.1) is 0 Å². The second kappa shape index (κ2) is 7.51. The molecule has 0 fully saturated rings. The first-order valence-corrected chi connectivity index (χ1v) is 9.44. The SMILES string of the molecule is Cc1ccc(NC(=O)c2c(Br)c(Br)c(Br)c(Br)c2C(=O)O)c[n+]1O. The summed E-state index contributed by atoms with van der Waals surface area (Å²) in [6.45, 7) is 1.69. The molecule has 3 N–H and O–H groups in total. The Morgan fingerprint density at radius 3 is 2.04 bits per heavy atom. The van der Waals surface area contributed by atoms with Crippen LogP contribution in [0.15, 0.2) is 36.2 Å². The molecule has 1 aromatic heterocycles. The molecular weight excluding hydrogens is 580 g/mol. The molecule has 0 bridgehead atoms. The lowest BCUT2D eigenvalue weighted by atomic mass is 10.1. The van der Waals surface area contributed by atoms with E-state index in [0.29, 0.717) is 20.3 Å². The second-order valence-electron chi connectivity index (χ2n) is 4.67. The van der Waals surface area contributed by atoms with Crippen molar-refractivity contribution in [3.63, 3.8) is 0 Å². The number of aromatic carboxylic acids is 1. The van der Waals surface area contributed by atoms with E-state index in [1.807, 2.05) is 0 Å². The third-order valence-corrected chi connectivity index (χ3v) is 7.86. The number of carboxylic acid groups (broad SMARTS) is 1. The zero-order chi connectivity index (χ0) is 18.2. The number of aromatic nitrogens is 1. The number of hydrogen-bond donors (Lipinski definition) is 3. The van der Waals surface area contributed by atoms with Crippen molar-refractivity contribution in [1.29, 1.82) is 0 Å². The third-order valence-electron chi connectivity index (χ3n) is 3.09. The molecule has 0 radical (unpaired) electrons. The molecule has 0 saturated carbocycles. The fraction of sp³-hybridized carbons (Fsp3) is 0.0714. The molecule has 1 aromatic carbocycles. The van der Waals surface area contributed by atoms with E-state index in [1.54, 1.807) is 19.1 Å². The van der Waals surface area contributed by atoms with Crippen molar-refractivity contribution in [3.05, 3.63) is 53.0 Å². The van der Waals surface area contributed by atoms with E-state index in [4.69, 9.17) is 0 Å². The van der Waals surface area contributed by atoms with E-state index >= 15 is 0 Å². The Hall–Kier alpha value is -0.970. The van der Waals surface area contributed by atoms with Crippen molar-refractivity contribution in [2.24, 2.45) is 0 Å². The number of aryl methyl sites for hydroxylation is 1. The van der Waals surface area contributed by atoms with Crippen LogP contribution in [0.1, 0.15) is 26.4 Å². The van der Waals surface area contributed by atoms with Crippen LogP contribution < -0.4 is 10.0 Å². The molecule has 0 spiro atoms. The Bertz CT molecular complexity index is 871. The highest BCUT2D eigenvalue weighted by atomic mass is 79.9. The van der Waals surface area contributed by atoms with E-state index in [2.05, 4.69) is 69.0 Å². The van der Waals surface area contributed by atoms with Crippen LogP contribution in [0.5, 0.6) is 0 Å². The smallest absolute Gasteiger partial charge is 0.337 e. The van der Waals surface area contributed by atoms with Gasteiger partial charge in [-0.3, -0.25) is 10.0 Å². The quantitative estimate of drug-likeness (QED) is 0.213. The molecule has 2 rings (SSSR count). The maximum Gasteiger partial charge on any atom is 0.337 e. The fourth-order valence-corrected chi connectivity index (χ4v) is 4.34. The first-order chi connectivity index (χ1) is 11.1. The molecule has 126 valence electrons. The molecule has 0 atom stereocenters. The van der Waals surface area contributed by atoms with Gasteiger partial charge in [-0.1, -0.05) is 0 Å². The summed E-state index contributed by atoms with van der Waals surface area (Å²) >= 11 is 13.0. The summed E-state index contributed by atoms with van der Waals surface area (Å²) in [5.74, 6) is -1.90. The Morgan fingerprint density at radius 2 is 1.54 bits per heavy atom. The number of pyridine rings is 1. The Balaban J connectivity index is 2.56. The molecule has 0 aliphatic carbocycles. The minimum atomic E-state index is -1.26. The minimum absolute atomic E-state index is 0.0606. The number of anilines is 1. The van der Waals surface area contributed by atoms with Gasteiger partial charge >= 0.3 is 5.97 Å². The average Bonchev–Trinajstić information content (AvgIpc) is 2.51. The van der Waals surface area contributed by atoms with Gasteiger partial charge in [-0.25, -0.2) is 4.79 Å². The Morgan fingerprint density at radius 1 is 1.00 bits per heavy atom. The monoisotopic (exact) mass is 585 g/mol. The number of carbonyl (C=O) groups is 2. The zero-order valence-electron chi connectivity index (χ0n) is 11.9. The number of halogens is 4. The summed E-state index contributed by atoms with van der Waals surface area (Å²) in [7, 11) is 0. The van der Waals surface area contributed by atoms with Crippen LogP contribution >= 0.6 is 63.7 Å². The standard InChI is InChI=1S/C14H8Br4N2O4/c1-5-2-3-6(4-20(5)24)19-13(21)7-8(14(22)23)10(16)12(18)11(17)9(7)15/h2-4H,1H3,(H2-,19,21,22,23,24)/p+1. The van der Waals surface area contributed by atoms with Crippen molar-refractivity contribution in [2.45, 2.75) is 6.92 Å². The average molecular weight is 589 g/mol. The molecule has 0 aliphatic rings. The van der Waals surface area contributed by atoms with Gasteiger partial charge in [-0.05, 0) is 69.8 Å². The van der Waals surface area contributed by atoms with Crippen LogP contribution in [0.4, 0.5) is 5.69 Å². The minimum Gasteiger partial charge on any atom is -0.478 e. The van der Waals surface area contributed by atoms with Crippen LogP contribution in [-0.2, 0) is 0 Å². The molecule has 6 nitrogen and oxygen atoms in total. The van der Waals surface area contributed by atoms with Gasteiger partial charge in [0.1, 0.15) is 5.69 Å². The highest BCUT2D eigenvalue weighted by Crippen LogP contribution is 2.42. The van der Waals surface area contributed by atoms with Gasteiger partial charge in [0.15, 0.2) is 0 Å². The van der Waals surface area contributed by atoms with Crippen molar-refractivity contribution in [2.75, 3.05) is 5.32 Å². The van der Waals surface area contributed by atoms with Crippen LogP contribution in [0.3, 0.4) is 0 Å². The van der Waals surface area contributed by atoms with Crippen molar-refractivity contribution in [1.82, 2.24) is 0 Å². The molecule has 2 aromatic rings. The number of nitrogens with one attached hydrogen (secondary N) is 1. The molecular formula is C14H9Br4N2O4+. The maximum atomic E-state index is 12.6. The van der Waals surface area contributed by atoms with E-state index in [1.165, 1.54) is 6.20 Å². The third kappa shape index (κ3) is 3.66. The summed E-state index contributed by atoms with van der Waals surface area (Å²) in [5.41, 5.74) is 0.633. The fourth-order valence-electron chi connectivity index (χ4n) is 1.88. The van der Waals surface area contributed by atoms with Crippen molar-refractivity contribution < 1.29 is 24.6 Å². The number of rotatable bonds is 3. The summed E-state index contributed by atoms with van der Waals surface area (Å²) in [4.78, 5) is 24.2. The van der Waals surface area contributed by atoms with Crippen LogP contribution in [-0.4, -0.2) is 22.2 Å². The molecule has 0 aliphatic heterocycles. The predicted octanol–water partition coefficient (Wildman–Crippen LogP) is 4.52. The summed E-state index contributed by atoms with van der Waals surface area (Å²) in [5, 5.41) is 21.7. The number of carbonyl (C=O) groups excluding carboxylic acids is 1. The van der Waals surface area contributed by atoms with E-state index in [9.17, 15) is 19.9 Å². The summed E-state index contributed by atoms with van der Waals surface area (Å²) in [6, 6.07) is 3.20. The predicted molar refractivity (Wildman–Crippen MR) is 101 cm³/mol. The normalized spacial score (nSPS) is 10.5. The highest BCUT2D eigenvalue weighted by molar-refractivity contribution is 9.15. The van der Waals surface area contributed by atoms with E-state index in [0.717, 1.165) is 4.73 Å². The maximum absolute atomic E-state index is 12.6. The number of nitrogens with zero attached hydrogens (tertiary/aromatic N) is 1. The van der Waals surface area contributed by atoms with E-state index in [-0.39, 0.29) is 20.1 Å². The number of amides is 1. The first-order valence-electron chi connectivity index (χ1n) is 6.27. The lowest BCUT2D eigenvalue weighted by Gasteiger charge is -2.14. The van der Waals surface area contributed by atoms with Gasteiger partial charge < -0.3 is 10.4 Å². The largest absolute Gasteiger partial charge is 0.478 e. The molecule has 10 heteroatoms. The van der Waals surface area contributed by atoms with Crippen LogP contribution in [0.2, 0.25) is 0 Å². The number of carboxylic acids is 1. The Kier molecular flexibility index (Phi) is 6.05. The van der Waals surface area contributed by atoms with Gasteiger partial charge in [0.05, 0.1) is 11.1 Å². The zero-order valence-corrected chi connectivity index (χ0v) is 18.2. The summed E-state index contributed by atoms with van der Waals surface area (Å²) in [6.07, 6.45) is 1.31. The van der Waals surface area contributed by atoms with E-state index < -0.39 is 11.9 Å². The highest BCUT2D eigenvalue weighted by Gasteiger charge is 2.28. The van der Waals surface area contributed by atoms with Gasteiger partial charge in [0.25, 0.3) is 5.91 Å². The van der Waals surface area contributed by atoms with Gasteiger partial charge in [0.2, 0.25) is 11.9 Å². The molecule has 1 amide bonds. The molecule has 1 heterocycles. The lowest BCUT2D eigenvalue weighted by molar-refractivity contribution is -0.908. The van der Waals surface area contributed by atoms with Gasteiger partial charge in [-0.2, -0.15) is 0 Å². The van der Waals surface area contributed by atoms with Crippen molar-refractivity contribution in [3.8, 4) is 0 Å². The number of hydrogen-bond acceptors (Lipinski definition) is 3. The molecule has 0 unspecified atom stereocenters. The van der Waals surface area contributed by atoms with Crippen LogP contribution in [0, 0.1) is 6.92 Å². The first kappa shape index (κ1) is 19.4. The lowest BCUT2D eigenvalue weighted by Crippen LogP contribution is -2.33. The molecule has 24 heavy (non-hydrogen) atoms. The van der Waals surface area contributed by atoms with Gasteiger partial charge in [0, 0.05) is 35.6 Å². The van der Waals surface area contributed by atoms with Crippen LogP contribution in [0.25, 0.3) is 0 Å². The number of benzene rings is 1. The second-order valence-corrected chi connectivity index (χ2v) is 7.84. The van der Waals surface area contributed by atoms with Crippen molar-refractivity contribution >= 4 is 81.3 Å².